The number of imidazole rings is 1. The summed E-state index contributed by atoms with van der Waals surface area (Å²) in [5, 5.41) is 5.86. The van der Waals surface area contributed by atoms with Gasteiger partial charge in [0, 0.05) is 7.05 Å². The molecule has 2 heterocycles. The van der Waals surface area contributed by atoms with Crippen LogP contribution < -0.4 is 15.4 Å². The number of anilines is 1. The molecule has 2 atom stereocenters. The normalized spacial score (nSPS) is 16.0. The molecule has 0 bridgehead atoms. The predicted octanol–water partition coefficient (Wildman–Crippen LogP) is 3.57. The molecule has 32 heavy (non-hydrogen) atoms. The van der Waals surface area contributed by atoms with Gasteiger partial charge in [-0.25, -0.2) is 4.98 Å². The quantitative estimate of drug-likeness (QED) is 0.511. The number of para-hydroxylation sites is 4. The Hall–Kier alpha value is -4.13. The number of nitrogens with zero attached hydrogens (tertiary/aromatic N) is 2. The van der Waals surface area contributed by atoms with E-state index >= 15 is 0 Å². The average Bonchev–Trinajstić information content (AvgIpc) is 3.15. The van der Waals surface area contributed by atoms with Crippen LogP contribution in [0.5, 0.6) is 5.75 Å². The number of fused-ring (bicyclic) bond motifs is 2. The highest BCUT2D eigenvalue weighted by atomic mass is 16.5. The Labute approximate surface area is 185 Å². The molecule has 0 spiro atoms. The van der Waals surface area contributed by atoms with Gasteiger partial charge in [0.05, 0.1) is 23.1 Å². The van der Waals surface area contributed by atoms with Crippen molar-refractivity contribution >= 4 is 28.5 Å². The molecule has 1 aliphatic heterocycles. The minimum Gasteiger partial charge on any atom is -0.478 e. The Morgan fingerprint density at radius 2 is 1.78 bits per heavy atom. The van der Waals surface area contributed by atoms with Crippen LogP contribution in [0.15, 0.2) is 78.9 Å². The number of rotatable bonds is 5. The van der Waals surface area contributed by atoms with Gasteiger partial charge in [-0.1, -0.05) is 54.6 Å². The fourth-order valence-electron chi connectivity index (χ4n) is 3.98. The zero-order chi connectivity index (χ0) is 22.1. The molecule has 2 N–H and O–H groups in total. The Morgan fingerprint density at radius 3 is 2.59 bits per heavy atom. The number of carbonyl (C=O) groups excluding carboxylic acids is 2. The van der Waals surface area contributed by atoms with Gasteiger partial charge in [0.25, 0.3) is 5.91 Å². The lowest BCUT2D eigenvalue weighted by atomic mass is 10.1. The van der Waals surface area contributed by atoms with Gasteiger partial charge >= 0.3 is 0 Å². The van der Waals surface area contributed by atoms with E-state index in [0.29, 0.717) is 17.3 Å². The third-order valence-corrected chi connectivity index (χ3v) is 5.60. The first-order valence-electron chi connectivity index (χ1n) is 10.4. The van der Waals surface area contributed by atoms with Gasteiger partial charge in [0.1, 0.15) is 17.6 Å². The molecule has 3 aromatic carbocycles. The maximum absolute atomic E-state index is 13.0. The lowest BCUT2D eigenvalue weighted by Crippen LogP contribution is -2.42. The van der Waals surface area contributed by atoms with Crippen LogP contribution in [-0.2, 0) is 16.6 Å². The first-order valence-corrected chi connectivity index (χ1v) is 10.4. The van der Waals surface area contributed by atoms with Crippen molar-refractivity contribution in [3.05, 3.63) is 90.3 Å². The second-order valence-electron chi connectivity index (χ2n) is 7.72. The SMILES string of the molecule is Cn1c(C(NC(=O)CC2Oc3ccccc3NC2=O)c2ccccc2)nc2ccccc21. The Kier molecular flexibility index (Phi) is 5.07. The highest BCUT2D eigenvalue weighted by Gasteiger charge is 2.31. The second kappa shape index (κ2) is 8.19. The van der Waals surface area contributed by atoms with Crippen molar-refractivity contribution in [3.63, 3.8) is 0 Å². The van der Waals surface area contributed by atoms with Crippen molar-refractivity contribution in [3.8, 4) is 5.75 Å². The summed E-state index contributed by atoms with van der Waals surface area (Å²) in [4.78, 5) is 30.3. The van der Waals surface area contributed by atoms with Crippen LogP contribution in [0.2, 0.25) is 0 Å². The molecule has 0 aliphatic carbocycles. The molecule has 1 aromatic heterocycles. The molecular formula is C25H22N4O3. The molecule has 2 amide bonds. The summed E-state index contributed by atoms with van der Waals surface area (Å²) in [5.74, 6) is 0.633. The molecule has 2 unspecified atom stereocenters. The number of nitrogens with one attached hydrogen (secondary N) is 2. The Morgan fingerprint density at radius 1 is 1.06 bits per heavy atom. The van der Waals surface area contributed by atoms with Crippen molar-refractivity contribution in [1.82, 2.24) is 14.9 Å². The number of hydrogen-bond donors (Lipinski definition) is 2. The zero-order valence-electron chi connectivity index (χ0n) is 17.5. The Balaban J connectivity index is 1.41. The predicted molar refractivity (Wildman–Crippen MR) is 121 cm³/mol. The van der Waals surface area contributed by atoms with Crippen LogP contribution in [0, 0.1) is 0 Å². The van der Waals surface area contributed by atoms with Gasteiger partial charge in [0.15, 0.2) is 6.10 Å². The van der Waals surface area contributed by atoms with Crippen LogP contribution in [0.3, 0.4) is 0 Å². The molecule has 0 saturated heterocycles. The van der Waals surface area contributed by atoms with Crippen molar-refractivity contribution in [1.29, 1.82) is 0 Å². The molecule has 0 saturated carbocycles. The summed E-state index contributed by atoms with van der Waals surface area (Å²) in [6, 6.07) is 24.2. The van der Waals surface area contributed by atoms with Gasteiger partial charge in [-0.15, -0.1) is 0 Å². The molecule has 160 valence electrons. The summed E-state index contributed by atoms with van der Waals surface area (Å²) >= 11 is 0. The van der Waals surface area contributed by atoms with Crippen LogP contribution in [0.1, 0.15) is 23.9 Å². The van der Waals surface area contributed by atoms with Gasteiger partial charge in [-0.3, -0.25) is 9.59 Å². The maximum atomic E-state index is 13.0. The second-order valence-corrected chi connectivity index (χ2v) is 7.72. The largest absolute Gasteiger partial charge is 0.478 e. The molecule has 5 rings (SSSR count). The highest BCUT2D eigenvalue weighted by molar-refractivity contribution is 6.00. The van der Waals surface area contributed by atoms with E-state index in [1.807, 2.05) is 78.3 Å². The fraction of sp³-hybridized carbons (Fsp3) is 0.160. The molecule has 4 aromatic rings. The number of aryl methyl sites for hydroxylation is 1. The van der Waals surface area contributed by atoms with Gasteiger partial charge in [-0.2, -0.15) is 0 Å². The summed E-state index contributed by atoms with van der Waals surface area (Å²) < 4.78 is 7.77. The Bertz CT molecular complexity index is 1300. The van der Waals surface area contributed by atoms with Gasteiger partial charge in [-0.05, 0) is 29.8 Å². The minimum absolute atomic E-state index is 0.104. The van der Waals surface area contributed by atoms with Crippen LogP contribution in [0.25, 0.3) is 11.0 Å². The molecule has 7 heteroatoms. The van der Waals surface area contributed by atoms with E-state index in [9.17, 15) is 9.59 Å². The summed E-state index contributed by atoms with van der Waals surface area (Å²) in [7, 11) is 1.93. The number of aromatic nitrogens is 2. The van der Waals surface area contributed by atoms with E-state index in [2.05, 4.69) is 10.6 Å². The van der Waals surface area contributed by atoms with E-state index in [1.54, 1.807) is 12.1 Å². The van der Waals surface area contributed by atoms with Crippen molar-refractivity contribution in [2.45, 2.75) is 18.6 Å². The topological polar surface area (TPSA) is 85.3 Å². The summed E-state index contributed by atoms with van der Waals surface area (Å²) in [5.41, 5.74) is 3.34. The van der Waals surface area contributed by atoms with E-state index in [0.717, 1.165) is 16.6 Å². The van der Waals surface area contributed by atoms with Crippen molar-refractivity contribution in [2.24, 2.45) is 7.05 Å². The molecule has 1 aliphatic rings. The van der Waals surface area contributed by atoms with Crippen molar-refractivity contribution in [2.75, 3.05) is 5.32 Å². The minimum atomic E-state index is -0.901. The van der Waals surface area contributed by atoms with Crippen LogP contribution in [0.4, 0.5) is 5.69 Å². The number of ether oxygens (including phenoxy) is 1. The van der Waals surface area contributed by atoms with E-state index in [4.69, 9.17) is 9.72 Å². The maximum Gasteiger partial charge on any atom is 0.266 e. The van der Waals surface area contributed by atoms with E-state index < -0.39 is 12.1 Å². The number of hydrogen-bond acceptors (Lipinski definition) is 4. The highest BCUT2D eigenvalue weighted by Crippen LogP contribution is 2.30. The van der Waals surface area contributed by atoms with E-state index in [-0.39, 0.29) is 18.2 Å². The molecule has 0 radical (unpaired) electrons. The first kappa shape index (κ1) is 19.8. The first-order chi connectivity index (χ1) is 15.6. The number of benzene rings is 3. The third kappa shape index (κ3) is 3.69. The lowest BCUT2D eigenvalue weighted by molar-refractivity contribution is -0.130. The lowest BCUT2D eigenvalue weighted by Gasteiger charge is -2.26. The van der Waals surface area contributed by atoms with Crippen LogP contribution >= 0.6 is 0 Å². The van der Waals surface area contributed by atoms with Crippen LogP contribution in [-0.4, -0.2) is 27.5 Å². The zero-order valence-corrected chi connectivity index (χ0v) is 17.5. The standard InChI is InChI=1S/C25H22N4O3/c1-29-19-13-7-5-11-17(19)26-24(29)23(16-9-3-2-4-10-16)28-22(30)15-21-25(31)27-18-12-6-8-14-20(18)32-21/h2-14,21,23H,15H2,1H3,(H,27,31)(H,28,30). The monoisotopic (exact) mass is 426 g/mol. The average molecular weight is 426 g/mol. The molecule has 0 fully saturated rings. The number of carbonyl (C=O) groups is 2. The number of amides is 2. The fourth-order valence-corrected chi connectivity index (χ4v) is 3.98. The summed E-state index contributed by atoms with van der Waals surface area (Å²) in [6.07, 6.45) is -1.00. The van der Waals surface area contributed by atoms with Gasteiger partial charge < -0.3 is 19.9 Å². The summed E-state index contributed by atoms with van der Waals surface area (Å²) in [6.45, 7) is 0. The smallest absolute Gasteiger partial charge is 0.266 e. The van der Waals surface area contributed by atoms with Crippen molar-refractivity contribution < 1.29 is 14.3 Å². The van der Waals surface area contributed by atoms with E-state index in [1.165, 1.54) is 0 Å². The molecule has 7 nitrogen and oxygen atoms in total. The molecular weight excluding hydrogens is 404 g/mol. The van der Waals surface area contributed by atoms with Gasteiger partial charge in [0.2, 0.25) is 5.91 Å². The third-order valence-electron chi connectivity index (χ3n) is 5.60.